The first kappa shape index (κ1) is 11.8. The fourth-order valence-electron chi connectivity index (χ4n) is 1.32. The van der Waals surface area contributed by atoms with Crippen LogP contribution in [0.25, 0.3) is 0 Å². The van der Waals surface area contributed by atoms with Crippen LogP contribution in [0.2, 0.25) is 5.02 Å². The van der Waals surface area contributed by atoms with Crippen LogP contribution in [0.15, 0.2) is 24.3 Å². The van der Waals surface area contributed by atoms with E-state index < -0.39 is 0 Å². The third-order valence-electron chi connectivity index (χ3n) is 2.10. The molecule has 0 radical (unpaired) electrons. The number of hydrogen-bond donors (Lipinski definition) is 2. The van der Waals surface area contributed by atoms with E-state index in [1.165, 1.54) is 0 Å². The Morgan fingerprint density at radius 2 is 1.93 bits per heavy atom. The molecule has 1 unspecified atom stereocenters. The van der Waals surface area contributed by atoms with Gasteiger partial charge in [0, 0.05) is 16.9 Å². The van der Waals surface area contributed by atoms with Crippen molar-refractivity contribution in [2.24, 2.45) is 5.84 Å². The molecule has 1 aromatic rings. The lowest BCUT2D eigenvalue weighted by Gasteiger charge is -2.15. The molecule has 0 aromatic heterocycles. The van der Waals surface area contributed by atoms with Crippen LogP contribution in [-0.2, 0) is 0 Å². The Balaban J connectivity index is 2.64. The van der Waals surface area contributed by atoms with Crippen LogP contribution in [0.4, 0.5) is 0 Å². The molecule has 14 heavy (non-hydrogen) atoms. The lowest BCUT2D eigenvalue weighted by atomic mass is 10.0. The van der Waals surface area contributed by atoms with Gasteiger partial charge in [0.2, 0.25) is 0 Å². The lowest BCUT2D eigenvalue weighted by molar-refractivity contribution is 0.511. The van der Waals surface area contributed by atoms with Gasteiger partial charge in [-0.05, 0) is 30.5 Å². The van der Waals surface area contributed by atoms with Crippen LogP contribution in [0.3, 0.4) is 0 Å². The van der Waals surface area contributed by atoms with E-state index in [0.717, 1.165) is 23.4 Å². The second-order valence-corrected chi connectivity index (χ2v) is 3.92. The van der Waals surface area contributed by atoms with Gasteiger partial charge >= 0.3 is 0 Å². The number of halogens is 2. The van der Waals surface area contributed by atoms with Crippen LogP contribution >= 0.6 is 23.2 Å². The van der Waals surface area contributed by atoms with E-state index in [2.05, 4.69) is 5.43 Å². The Morgan fingerprint density at radius 1 is 1.29 bits per heavy atom. The van der Waals surface area contributed by atoms with Crippen LogP contribution in [-0.4, -0.2) is 5.88 Å². The van der Waals surface area contributed by atoms with Gasteiger partial charge in [-0.1, -0.05) is 23.7 Å². The van der Waals surface area contributed by atoms with Crippen molar-refractivity contribution >= 4 is 23.2 Å². The van der Waals surface area contributed by atoms with Gasteiger partial charge in [-0.2, -0.15) is 0 Å². The molecule has 0 aliphatic rings. The second kappa shape index (κ2) is 6.25. The number of hydrazine groups is 1. The zero-order valence-electron chi connectivity index (χ0n) is 7.84. The molecular formula is C10H14Cl2N2. The molecule has 0 saturated heterocycles. The highest BCUT2D eigenvalue weighted by Gasteiger charge is 2.08. The van der Waals surface area contributed by atoms with Gasteiger partial charge in [-0.25, -0.2) is 0 Å². The number of alkyl halides is 1. The highest BCUT2D eigenvalue weighted by atomic mass is 35.5. The van der Waals surface area contributed by atoms with Crippen molar-refractivity contribution in [3.8, 4) is 0 Å². The second-order valence-electron chi connectivity index (χ2n) is 3.10. The summed E-state index contributed by atoms with van der Waals surface area (Å²) >= 11 is 11.4. The van der Waals surface area contributed by atoms with Crippen LogP contribution < -0.4 is 11.3 Å². The summed E-state index contributed by atoms with van der Waals surface area (Å²) in [6.07, 6.45) is 1.88. The number of nitrogens with two attached hydrogens (primary N) is 1. The van der Waals surface area contributed by atoms with Crippen LogP contribution in [0, 0.1) is 0 Å². The highest BCUT2D eigenvalue weighted by molar-refractivity contribution is 6.30. The minimum Gasteiger partial charge on any atom is -0.271 e. The molecule has 0 fully saturated rings. The van der Waals surface area contributed by atoms with E-state index in [1.54, 1.807) is 0 Å². The molecule has 4 heteroatoms. The summed E-state index contributed by atoms with van der Waals surface area (Å²) in [4.78, 5) is 0. The molecule has 1 atom stereocenters. The molecule has 0 saturated carbocycles. The number of benzene rings is 1. The molecule has 2 nitrogen and oxygen atoms in total. The number of hydrogen-bond acceptors (Lipinski definition) is 2. The average molecular weight is 233 g/mol. The molecule has 1 rings (SSSR count). The normalized spacial score (nSPS) is 12.8. The van der Waals surface area contributed by atoms with Gasteiger partial charge in [0.25, 0.3) is 0 Å². The number of nitrogens with one attached hydrogen (secondary N) is 1. The zero-order chi connectivity index (χ0) is 10.4. The summed E-state index contributed by atoms with van der Waals surface area (Å²) in [6.45, 7) is 0. The topological polar surface area (TPSA) is 38.0 Å². The van der Waals surface area contributed by atoms with E-state index in [4.69, 9.17) is 29.0 Å². The molecular weight excluding hydrogens is 219 g/mol. The van der Waals surface area contributed by atoms with Crippen molar-refractivity contribution in [1.29, 1.82) is 0 Å². The van der Waals surface area contributed by atoms with Crippen molar-refractivity contribution in [2.45, 2.75) is 18.9 Å². The Bertz CT molecular complexity index is 261. The predicted octanol–water partition coefficient (Wildman–Crippen LogP) is 2.86. The first-order chi connectivity index (χ1) is 6.77. The molecule has 78 valence electrons. The molecule has 3 N–H and O–H groups in total. The third-order valence-corrected chi connectivity index (χ3v) is 2.62. The number of rotatable bonds is 5. The van der Waals surface area contributed by atoms with Crippen LogP contribution in [0.5, 0.6) is 0 Å². The Labute approximate surface area is 94.4 Å². The van der Waals surface area contributed by atoms with Gasteiger partial charge in [-0.3, -0.25) is 11.3 Å². The van der Waals surface area contributed by atoms with E-state index in [9.17, 15) is 0 Å². The Kier molecular flexibility index (Phi) is 5.26. The van der Waals surface area contributed by atoms with Gasteiger partial charge < -0.3 is 0 Å². The molecule has 0 heterocycles. The van der Waals surface area contributed by atoms with Crippen LogP contribution in [0.1, 0.15) is 24.4 Å². The first-order valence-corrected chi connectivity index (χ1v) is 5.46. The summed E-state index contributed by atoms with van der Waals surface area (Å²) in [5.74, 6) is 6.12. The van der Waals surface area contributed by atoms with Crippen molar-refractivity contribution in [3.63, 3.8) is 0 Å². The maximum absolute atomic E-state index is 5.79. The minimum atomic E-state index is 0.158. The summed E-state index contributed by atoms with van der Waals surface area (Å²) in [5.41, 5.74) is 3.91. The molecule has 0 amide bonds. The summed E-state index contributed by atoms with van der Waals surface area (Å²) in [6, 6.07) is 7.83. The molecule has 1 aromatic carbocycles. The Morgan fingerprint density at radius 3 is 2.43 bits per heavy atom. The Hall–Kier alpha value is -0.280. The van der Waals surface area contributed by atoms with Crippen molar-refractivity contribution in [3.05, 3.63) is 34.9 Å². The maximum Gasteiger partial charge on any atom is 0.0460 e. The van der Waals surface area contributed by atoms with E-state index in [1.807, 2.05) is 24.3 Å². The molecule has 0 aliphatic carbocycles. The SMILES string of the molecule is NNC(CCCCl)c1ccc(Cl)cc1. The fourth-order valence-corrected chi connectivity index (χ4v) is 1.60. The van der Waals surface area contributed by atoms with Crippen molar-refractivity contribution in [1.82, 2.24) is 5.43 Å². The summed E-state index contributed by atoms with van der Waals surface area (Å²) in [5, 5.41) is 0.738. The quantitative estimate of drug-likeness (QED) is 0.466. The van der Waals surface area contributed by atoms with E-state index in [-0.39, 0.29) is 6.04 Å². The summed E-state index contributed by atoms with van der Waals surface area (Å²) in [7, 11) is 0. The minimum absolute atomic E-state index is 0.158. The lowest BCUT2D eigenvalue weighted by Crippen LogP contribution is -2.28. The van der Waals surface area contributed by atoms with E-state index in [0.29, 0.717) is 5.88 Å². The van der Waals surface area contributed by atoms with E-state index >= 15 is 0 Å². The smallest absolute Gasteiger partial charge is 0.0460 e. The molecule has 0 bridgehead atoms. The van der Waals surface area contributed by atoms with Gasteiger partial charge in [0.05, 0.1) is 0 Å². The van der Waals surface area contributed by atoms with Crippen molar-refractivity contribution in [2.75, 3.05) is 5.88 Å². The molecule has 0 aliphatic heterocycles. The monoisotopic (exact) mass is 232 g/mol. The van der Waals surface area contributed by atoms with Gasteiger partial charge in [-0.15, -0.1) is 11.6 Å². The zero-order valence-corrected chi connectivity index (χ0v) is 9.35. The fraction of sp³-hybridized carbons (Fsp3) is 0.400. The van der Waals surface area contributed by atoms with Crippen molar-refractivity contribution < 1.29 is 0 Å². The standard InChI is InChI=1S/C10H14Cl2N2/c11-7-1-2-10(14-13)8-3-5-9(12)6-4-8/h3-6,10,14H,1-2,7,13H2. The largest absolute Gasteiger partial charge is 0.271 e. The summed E-state index contributed by atoms with van der Waals surface area (Å²) < 4.78 is 0. The average Bonchev–Trinajstić information content (AvgIpc) is 2.21. The van der Waals surface area contributed by atoms with Gasteiger partial charge in [0.15, 0.2) is 0 Å². The van der Waals surface area contributed by atoms with Gasteiger partial charge in [0.1, 0.15) is 0 Å². The maximum atomic E-state index is 5.79. The highest BCUT2D eigenvalue weighted by Crippen LogP contribution is 2.19. The third kappa shape index (κ3) is 3.46. The first-order valence-electron chi connectivity index (χ1n) is 4.55. The molecule has 0 spiro atoms. The predicted molar refractivity (Wildman–Crippen MR) is 61.5 cm³/mol.